The summed E-state index contributed by atoms with van der Waals surface area (Å²) in [5, 5.41) is 22.7. The molecule has 7 N–H and O–H groups in total. The van der Waals surface area contributed by atoms with Crippen molar-refractivity contribution >= 4 is 63.8 Å². The van der Waals surface area contributed by atoms with Gasteiger partial charge < -0.3 is 49.3 Å². The van der Waals surface area contributed by atoms with Crippen molar-refractivity contribution in [1.82, 2.24) is 34.1 Å². The number of aliphatic hydroxyl groups excluding tert-OH is 2. The third kappa shape index (κ3) is 5.41. The van der Waals surface area contributed by atoms with E-state index in [1.54, 1.807) is 6.07 Å². The number of nitrogens with zero attached hydrogens (tertiary/aromatic N) is 6. The van der Waals surface area contributed by atoms with Gasteiger partial charge in [-0.05, 0) is 6.07 Å². The van der Waals surface area contributed by atoms with Gasteiger partial charge in [0.15, 0.2) is 30.3 Å². The molecule has 0 radical (unpaired) electrons. The molecule has 0 amide bonds. The highest BCUT2D eigenvalue weighted by atomic mass is 31.2. The first-order valence-corrected chi connectivity index (χ1v) is 18.1. The fourth-order valence-electron chi connectivity index (χ4n) is 6.02. The molecule has 4 aromatic rings. The minimum absolute atomic E-state index is 0.0152. The van der Waals surface area contributed by atoms with Gasteiger partial charge in [0.25, 0.3) is 20.6 Å². The quantitative estimate of drug-likeness (QED) is 0.113. The van der Waals surface area contributed by atoms with Crippen LogP contribution in [0.4, 0.5) is 11.6 Å². The molecule has 238 valence electrons. The van der Waals surface area contributed by atoms with Crippen molar-refractivity contribution in [3.05, 3.63) is 35.3 Å². The zero-order valence-corrected chi connectivity index (χ0v) is 25.7. The Bertz CT molecular complexity index is 1940. The van der Waals surface area contributed by atoms with E-state index >= 15 is 0 Å². The smallest absolute Gasteiger partial charge is 0.280 e. The van der Waals surface area contributed by atoms with Crippen molar-refractivity contribution in [2.75, 3.05) is 30.8 Å². The van der Waals surface area contributed by atoms with Crippen LogP contribution >= 0.6 is 14.7 Å². The van der Waals surface area contributed by atoms with Crippen molar-refractivity contribution in [3.63, 3.8) is 0 Å². The topological polar surface area (TPSA) is 267 Å². The van der Waals surface area contributed by atoms with Crippen LogP contribution in [0.2, 0.25) is 0 Å². The summed E-state index contributed by atoms with van der Waals surface area (Å²) in [5.74, 6) is -1.03. The molecular formula is C22H29B2N9O10P2. The molecule has 3 fully saturated rings. The number of fused-ring (bicyclic) bond motifs is 5. The molecule has 10 atom stereocenters. The van der Waals surface area contributed by atoms with E-state index < -0.39 is 75.8 Å². The molecule has 4 aromatic heterocycles. The van der Waals surface area contributed by atoms with Gasteiger partial charge in [-0.2, -0.15) is 4.98 Å². The van der Waals surface area contributed by atoms with Gasteiger partial charge in [0.05, 0.1) is 37.7 Å². The summed E-state index contributed by atoms with van der Waals surface area (Å²) in [4.78, 5) is 31.6. The van der Waals surface area contributed by atoms with Crippen LogP contribution in [-0.4, -0.2) is 109 Å². The van der Waals surface area contributed by atoms with Crippen LogP contribution in [0, 0.1) is 5.92 Å². The normalized spacial score (nSPS) is 37.6. The molecule has 7 rings (SSSR count). The predicted octanol–water partition coefficient (Wildman–Crippen LogP) is -2.14. The maximum atomic E-state index is 13.9. The van der Waals surface area contributed by atoms with E-state index in [0.29, 0.717) is 16.9 Å². The average molecular weight is 663 g/mol. The first kappa shape index (κ1) is 30.5. The Labute approximate surface area is 255 Å². The van der Waals surface area contributed by atoms with Crippen LogP contribution in [0.1, 0.15) is 12.5 Å². The van der Waals surface area contributed by atoms with Crippen molar-refractivity contribution in [1.29, 1.82) is 0 Å². The van der Waals surface area contributed by atoms with Gasteiger partial charge >= 0.3 is 0 Å². The van der Waals surface area contributed by atoms with Crippen LogP contribution in [0.3, 0.4) is 0 Å². The predicted molar refractivity (Wildman–Crippen MR) is 162 cm³/mol. The summed E-state index contributed by atoms with van der Waals surface area (Å²) < 4.78 is 60.0. The minimum Gasteiger partial charge on any atom is -0.397 e. The largest absolute Gasteiger partial charge is 0.397 e. The van der Waals surface area contributed by atoms with Gasteiger partial charge in [-0.3, -0.25) is 23.5 Å². The highest BCUT2D eigenvalue weighted by Gasteiger charge is 2.52. The van der Waals surface area contributed by atoms with Gasteiger partial charge in [-0.1, -0.05) is 0 Å². The molecule has 0 aliphatic carbocycles. The monoisotopic (exact) mass is 663 g/mol. The van der Waals surface area contributed by atoms with E-state index in [4.69, 9.17) is 34.5 Å². The third-order valence-corrected chi connectivity index (χ3v) is 11.2. The number of nitrogens with two attached hydrogens (primary N) is 2. The number of H-pyrrole nitrogens is 1. The number of aromatic nitrogens is 7. The summed E-state index contributed by atoms with van der Waals surface area (Å²) in [6.45, 7) is -0.736. The zero-order valence-electron chi connectivity index (χ0n) is 23.9. The van der Waals surface area contributed by atoms with E-state index in [1.165, 1.54) is 43.1 Å². The van der Waals surface area contributed by atoms with E-state index in [9.17, 15) is 24.1 Å². The molecule has 23 heteroatoms. The molecule has 45 heavy (non-hydrogen) atoms. The highest BCUT2D eigenvalue weighted by Crippen LogP contribution is 2.53. The van der Waals surface area contributed by atoms with Crippen LogP contribution in [0.5, 0.6) is 0 Å². The molecule has 2 unspecified atom stereocenters. The van der Waals surface area contributed by atoms with E-state index in [0.717, 1.165) is 0 Å². The van der Waals surface area contributed by atoms with E-state index in [2.05, 4.69) is 24.9 Å². The lowest BCUT2D eigenvalue weighted by atomic mass is 10.0. The molecule has 7 heterocycles. The number of pyridine rings is 1. The van der Waals surface area contributed by atoms with Gasteiger partial charge in [0.1, 0.15) is 36.2 Å². The summed E-state index contributed by atoms with van der Waals surface area (Å²) in [5.41, 5.74) is 12.4. The average Bonchev–Trinajstić information content (AvgIpc) is 3.72. The lowest BCUT2D eigenvalue weighted by Crippen LogP contribution is -2.36. The van der Waals surface area contributed by atoms with Gasteiger partial charge in [0.2, 0.25) is 13.5 Å². The van der Waals surface area contributed by atoms with Crippen LogP contribution in [0.25, 0.3) is 22.3 Å². The lowest BCUT2D eigenvalue weighted by molar-refractivity contribution is -0.0494. The number of aromatic amines is 1. The number of aliphatic hydroxyl groups is 2. The molecule has 0 saturated carbocycles. The molecule has 3 saturated heterocycles. The SMILES string of the molecule is BP1(=O)C[C@@H]2[C@H](O)[C@@H](COP(B)(=O)O[C@H]3[C@@H](O)[C@H](n4cnc5c(N)ccnc54)O[C@@H]3CO1)O[C@H]2n1cnc2c(=O)[nH]c(N)nc21. The summed E-state index contributed by atoms with van der Waals surface area (Å²) in [6, 6.07) is 1.58. The molecular weight excluding hydrogens is 634 g/mol. The fourth-order valence-corrected chi connectivity index (χ4v) is 8.93. The van der Waals surface area contributed by atoms with Crippen molar-refractivity contribution in [2.45, 2.75) is 43.0 Å². The number of hydrogen-bond acceptors (Lipinski definition) is 16. The number of nitrogens with one attached hydrogen (secondary N) is 1. The highest BCUT2D eigenvalue weighted by molar-refractivity contribution is 7.83. The minimum atomic E-state index is -3.95. The Morgan fingerprint density at radius 2 is 1.62 bits per heavy atom. The Balaban J connectivity index is 1.21. The number of ether oxygens (including phenoxy) is 2. The number of hydrogen-bond donors (Lipinski definition) is 5. The Hall–Kier alpha value is -3.12. The molecule has 19 nitrogen and oxygen atoms in total. The fraction of sp³-hybridized carbons (Fsp3) is 0.500. The van der Waals surface area contributed by atoms with Crippen LogP contribution < -0.4 is 17.0 Å². The molecule has 3 aliphatic rings. The molecule has 2 bridgehead atoms. The number of imidazole rings is 2. The second kappa shape index (κ2) is 11.0. The number of rotatable bonds is 2. The number of anilines is 2. The van der Waals surface area contributed by atoms with Crippen molar-refractivity contribution in [2.24, 2.45) is 5.92 Å². The zero-order chi connectivity index (χ0) is 31.8. The summed E-state index contributed by atoms with van der Waals surface area (Å²) in [6.07, 6.45) is -4.17. The standard InChI is InChI=1S/C22H29B2N9O10P2/c23-44(37)5-8-14(34)10(41-20(8)33-7-29-13-18(33)30-22(26)31-19(13)36)3-40-45(24,38)43-16-11(4-39-44)42-21(15(16)35)32-6-28-12-9(25)1-2-27-17(12)32/h1-2,6-8,10-11,14-16,20-21,34-35H,3-5,23-24H2,(H2,25,27)(H3,26,30,31,36)/t8-,10-,11-,14+,15-,16-,20-,21-,44?,45?/m1/s1. The molecule has 3 aliphatic heterocycles. The first-order chi connectivity index (χ1) is 21.3. The summed E-state index contributed by atoms with van der Waals surface area (Å²) >= 11 is 0. The molecule has 0 spiro atoms. The second-order valence-electron chi connectivity index (χ2n) is 11.4. The Morgan fingerprint density at radius 1 is 0.933 bits per heavy atom. The van der Waals surface area contributed by atoms with Crippen LogP contribution in [-0.2, 0) is 32.2 Å². The third-order valence-electron chi connectivity index (χ3n) is 8.14. The number of nitrogen functional groups attached to an aromatic ring is 2. The van der Waals surface area contributed by atoms with Gasteiger partial charge in [-0.25, -0.2) is 15.0 Å². The van der Waals surface area contributed by atoms with E-state index in [1.807, 2.05) is 0 Å². The first-order valence-electron chi connectivity index (χ1n) is 13.9. The second-order valence-corrected chi connectivity index (χ2v) is 16.1. The van der Waals surface area contributed by atoms with Crippen molar-refractivity contribution in [3.8, 4) is 0 Å². The molecule has 0 aromatic carbocycles. The Kier molecular flexibility index (Phi) is 7.46. The van der Waals surface area contributed by atoms with E-state index in [-0.39, 0.29) is 29.9 Å². The maximum Gasteiger partial charge on any atom is 0.280 e. The summed E-state index contributed by atoms with van der Waals surface area (Å²) in [7, 11) is -4.89. The van der Waals surface area contributed by atoms with Crippen LogP contribution in [0.15, 0.2) is 29.7 Å². The van der Waals surface area contributed by atoms with Crippen molar-refractivity contribution < 1.29 is 42.4 Å². The van der Waals surface area contributed by atoms with Gasteiger partial charge in [0, 0.05) is 18.3 Å². The Morgan fingerprint density at radius 3 is 2.40 bits per heavy atom. The lowest BCUT2D eigenvalue weighted by Gasteiger charge is -2.27. The maximum absolute atomic E-state index is 13.9. The van der Waals surface area contributed by atoms with Gasteiger partial charge in [-0.15, -0.1) is 0 Å².